The first-order chi connectivity index (χ1) is 8.61. The van der Waals surface area contributed by atoms with E-state index in [0.29, 0.717) is 5.69 Å². The summed E-state index contributed by atoms with van der Waals surface area (Å²) in [5.41, 5.74) is 7.37. The van der Waals surface area contributed by atoms with Crippen LogP contribution in [-0.4, -0.2) is 29.5 Å². The summed E-state index contributed by atoms with van der Waals surface area (Å²) in [4.78, 5) is 12.5. The van der Waals surface area contributed by atoms with Crippen LogP contribution < -0.4 is 10.6 Å². The standard InChI is InChI=1S/C12H17N3O2S/c1-18-10-4-6-14(7-5-10)12-3-2-9(15(16)17)8-11(12)13/h2-3,8,10H,4-7,13H2,1H3. The summed E-state index contributed by atoms with van der Waals surface area (Å²) in [6.45, 7) is 1.93. The number of piperidine rings is 1. The maximum absolute atomic E-state index is 10.7. The van der Waals surface area contributed by atoms with Crippen molar-refractivity contribution in [1.82, 2.24) is 0 Å². The maximum atomic E-state index is 10.7. The molecular weight excluding hydrogens is 250 g/mol. The zero-order valence-corrected chi connectivity index (χ0v) is 11.2. The number of non-ortho nitro benzene ring substituents is 1. The first-order valence-corrected chi connectivity index (χ1v) is 7.22. The molecule has 0 aromatic heterocycles. The fraction of sp³-hybridized carbons (Fsp3) is 0.500. The van der Waals surface area contributed by atoms with E-state index in [1.165, 1.54) is 12.1 Å². The Kier molecular flexibility index (Phi) is 3.96. The molecule has 0 bridgehead atoms. The van der Waals surface area contributed by atoms with Gasteiger partial charge in [0, 0.05) is 30.5 Å². The highest BCUT2D eigenvalue weighted by atomic mass is 32.2. The van der Waals surface area contributed by atoms with Gasteiger partial charge in [-0.25, -0.2) is 0 Å². The Morgan fingerprint density at radius 3 is 2.61 bits per heavy atom. The molecule has 0 saturated carbocycles. The van der Waals surface area contributed by atoms with Crippen LogP contribution in [0.25, 0.3) is 0 Å². The van der Waals surface area contributed by atoms with Crippen LogP contribution >= 0.6 is 11.8 Å². The summed E-state index contributed by atoms with van der Waals surface area (Å²) in [5.74, 6) is 0. The van der Waals surface area contributed by atoms with Crippen LogP contribution in [0.15, 0.2) is 18.2 Å². The van der Waals surface area contributed by atoms with Crippen molar-refractivity contribution in [3.8, 4) is 0 Å². The Bertz CT molecular complexity index is 445. The number of rotatable bonds is 3. The predicted octanol–water partition coefficient (Wildman–Crippen LogP) is 2.51. The Balaban J connectivity index is 2.12. The monoisotopic (exact) mass is 267 g/mol. The Morgan fingerprint density at radius 2 is 2.11 bits per heavy atom. The summed E-state index contributed by atoms with van der Waals surface area (Å²) in [6.07, 6.45) is 4.41. The highest BCUT2D eigenvalue weighted by Crippen LogP contribution is 2.31. The van der Waals surface area contributed by atoms with E-state index >= 15 is 0 Å². The third-order valence-electron chi connectivity index (χ3n) is 3.34. The molecule has 1 aromatic carbocycles. The van der Waals surface area contributed by atoms with Crippen LogP contribution in [0.3, 0.4) is 0 Å². The van der Waals surface area contributed by atoms with Gasteiger partial charge in [0.05, 0.1) is 16.3 Å². The third-order valence-corrected chi connectivity index (χ3v) is 4.48. The molecule has 1 aliphatic heterocycles. The summed E-state index contributed by atoms with van der Waals surface area (Å²) in [7, 11) is 0. The second kappa shape index (κ2) is 5.48. The molecule has 18 heavy (non-hydrogen) atoms. The molecular formula is C12H17N3O2S. The van der Waals surface area contributed by atoms with Gasteiger partial charge < -0.3 is 10.6 Å². The van der Waals surface area contributed by atoms with Crippen molar-refractivity contribution in [3.63, 3.8) is 0 Å². The minimum absolute atomic E-state index is 0.0512. The molecule has 1 aliphatic rings. The minimum atomic E-state index is -0.417. The van der Waals surface area contributed by atoms with Gasteiger partial charge >= 0.3 is 0 Å². The highest BCUT2D eigenvalue weighted by Gasteiger charge is 2.20. The van der Waals surface area contributed by atoms with Crippen LogP contribution in [-0.2, 0) is 0 Å². The number of nitrogen functional groups attached to an aromatic ring is 1. The van der Waals surface area contributed by atoms with E-state index in [9.17, 15) is 10.1 Å². The number of benzene rings is 1. The number of nitrogens with two attached hydrogens (primary N) is 1. The molecule has 0 radical (unpaired) electrons. The van der Waals surface area contributed by atoms with Crippen LogP contribution in [0.4, 0.5) is 17.1 Å². The maximum Gasteiger partial charge on any atom is 0.271 e. The second-order valence-electron chi connectivity index (χ2n) is 4.42. The normalized spacial score (nSPS) is 16.8. The summed E-state index contributed by atoms with van der Waals surface area (Å²) >= 11 is 1.91. The lowest BCUT2D eigenvalue weighted by atomic mass is 10.1. The number of nitro groups is 1. The van der Waals surface area contributed by atoms with E-state index in [1.807, 2.05) is 11.8 Å². The molecule has 5 nitrogen and oxygen atoms in total. The van der Waals surface area contributed by atoms with Gasteiger partial charge in [-0.15, -0.1) is 0 Å². The Hall–Kier alpha value is -1.43. The molecule has 0 unspecified atom stereocenters. The molecule has 0 atom stereocenters. The van der Waals surface area contributed by atoms with Crippen LogP contribution in [0, 0.1) is 10.1 Å². The number of nitro benzene ring substituents is 1. The van der Waals surface area contributed by atoms with Crippen molar-refractivity contribution in [2.75, 3.05) is 30.0 Å². The molecule has 1 aromatic rings. The predicted molar refractivity (Wildman–Crippen MR) is 76.3 cm³/mol. The van der Waals surface area contributed by atoms with Gasteiger partial charge in [0.15, 0.2) is 0 Å². The summed E-state index contributed by atoms with van der Waals surface area (Å²) in [5, 5.41) is 11.4. The van der Waals surface area contributed by atoms with Crippen molar-refractivity contribution >= 4 is 28.8 Å². The van der Waals surface area contributed by atoms with E-state index in [4.69, 9.17) is 5.73 Å². The topological polar surface area (TPSA) is 72.4 Å². The average molecular weight is 267 g/mol. The van der Waals surface area contributed by atoms with Crippen molar-refractivity contribution in [2.45, 2.75) is 18.1 Å². The zero-order chi connectivity index (χ0) is 13.1. The lowest BCUT2D eigenvalue weighted by Crippen LogP contribution is -2.35. The minimum Gasteiger partial charge on any atom is -0.397 e. The second-order valence-corrected chi connectivity index (χ2v) is 5.56. The average Bonchev–Trinajstić information content (AvgIpc) is 2.38. The van der Waals surface area contributed by atoms with Gasteiger partial charge in [-0.1, -0.05) is 0 Å². The highest BCUT2D eigenvalue weighted by molar-refractivity contribution is 7.99. The molecule has 2 N–H and O–H groups in total. The first-order valence-electron chi connectivity index (χ1n) is 5.93. The Morgan fingerprint density at radius 1 is 1.44 bits per heavy atom. The molecule has 1 fully saturated rings. The lowest BCUT2D eigenvalue weighted by molar-refractivity contribution is -0.384. The first kappa shape index (κ1) is 13.0. The summed E-state index contributed by atoms with van der Waals surface area (Å²) < 4.78 is 0. The summed E-state index contributed by atoms with van der Waals surface area (Å²) in [6, 6.07) is 4.72. The van der Waals surface area contributed by atoms with Crippen LogP contribution in [0.1, 0.15) is 12.8 Å². The molecule has 0 spiro atoms. The third kappa shape index (κ3) is 2.69. The number of anilines is 2. The van der Waals surface area contributed by atoms with Gasteiger partial charge in [0.2, 0.25) is 0 Å². The van der Waals surface area contributed by atoms with Crippen molar-refractivity contribution in [3.05, 3.63) is 28.3 Å². The zero-order valence-electron chi connectivity index (χ0n) is 10.3. The van der Waals surface area contributed by atoms with Crippen LogP contribution in [0.5, 0.6) is 0 Å². The van der Waals surface area contributed by atoms with E-state index in [1.54, 1.807) is 6.07 Å². The molecule has 2 rings (SSSR count). The fourth-order valence-corrected chi connectivity index (χ4v) is 2.96. The Labute approximate surface area is 110 Å². The van der Waals surface area contributed by atoms with Crippen molar-refractivity contribution < 1.29 is 4.92 Å². The number of nitrogens with zero attached hydrogens (tertiary/aromatic N) is 2. The van der Waals surface area contributed by atoms with Crippen molar-refractivity contribution in [1.29, 1.82) is 0 Å². The van der Waals surface area contributed by atoms with Crippen LogP contribution in [0.2, 0.25) is 0 Å². The quantitative estimate of drug-likeness (QED) is 0.517. The van der Waals surface area contributed by atoms with Gasteiger partial charge in [-0.05, 0) is 25.2 Å². The van der Waals surface area contributed by atoms with E-state index < -0.39 is 4.92 Å². The van der Waals surface area contributed by atoms with Crippen molar-refractivity contribution in [2.24, 2.45) is 0 Å². The molecule has 6 heteroatoms. The van der Waals surface area contributed by atoms with E-state index in [2.05, 4.69) is 11.2 Å². The van der Waals surface area contributed by atoms with E-state index in [0.717, 1.165) is 36.9 Å². The molecule has 1 saturated heterocycles. The number of thioether (sulfide) groups is 1. The van der Waals surface area contributed by atoms with Gasteiger partial charge in [0.25, 0.3) is 5.69 Å². The molecule has 0 amide bonds. The SMILES string of the molecule is CSC1CCN(c2ccc([N+](=O)[O-])cc2N)CC1. The van der Waals surface area contributed by atoms with E-state index in [-0.39, 0.29) is 5.69 Å². The smallest absolute Gasteiger partial charge is 0.271 e. The lowest BCUT2D eigenvalue weighted by Gasteiger charge is -2.33. The fourth-order valence-electron chi connectivity index (χ4n) is 2.28. The van der Waals surface area contributed by atoms with Gasteiger partial charge in [-0.3, -0.25) is 10.1 Å². The number of hydrogen-bond acceptors (Lipinski definition) is 5. The van der Waals surface area contributed by atoms with Gasteiger partial charge in [0.1, 0.15) is 0 Å². The molecule has 98 valence electrons. The largest absolute Gasteiger partial charge is 0.397 e. The number of hydrogen-bond donors (Lipinski definition) is 1. The van der Waals surface area contributed by atoms with Gasteiger partial charge in [-0.2, -0.15) is 11.8 Å². The molecule has 1 heterocycles. The molecule has 0 aliphatic carbocycles.